The number of rotatable bonds is 6. The molecule has 0 aromatic heterocycles. The summed E-state index contributed by atoms with van der Waals surface area (Å²) < 4.78 is 0. The minimum absolute atomic E-state index is 0.235. The van der Waals surface area contributed by atoms with Gasteiger partial charge in [-0.05, 0) is 42.7 Å². The molecule has 2 aromatic rings. The van der Waals surface area contributed by atoms with Gasteiger partial charge in [0.15, 0.2) is 0 Å². The van der Waals surface area contributed by atoms with Gasteiger partial charge in [-0.3, -0.25) is 4.79 Å². The summed E-state index contributed by atoms with van der Waals surface area (Å²) in [7, 11) is 0. The van der Waals surface area contributed by atoms with Gasteiger partial charge in [0.2, 0.25) is 0 Å². The first-order valence-electron chi connectivity index (χ1n) is 7.38. The molecule has 114 valence electrons. The Morgan fingerprint density at radius 2 is 1.73 bits per heavy atom. The van der Waals surface area contributed by atoms with Crippen LogP contribution < -0.4 is 5.43 Å². The van der Waals surface area contributed by atoms with E-state index in [1.165, 1.54) is 0 Å². The fourth-order valence-corrected chi connectivity index (χ4v) is 2.15. The number of benzene rings is 2. The normalized spacial score (nSPS) is 11.3. The molecule has 0 saturated heterocycles. The number of hydrazone groups is 1. The maximum Gasteiger partial charge on any atom is 0.271 e. The van der Waals surface area contributed by atoms with Crippen LogP contribution in [0.5, 0.6) is 0 Å². The first-order valence-corrected chi connectivity index (χ1v) is 7.76. The van der Waals surface area contributed by atoms with E-state index in [9.17, 15) is 4.79 Å². The van der Waals surface area contributed by atoms with E-state index in [-0.39, 0.29) is 5.91 Å². The molecule has 4 heteroatoms. The van der Waals surface area contributed by atoms with E-state index in [2.05, 4.69) is 17.5 Å². The van der Waals surface area contributed by atoms with Crippen molar-refractivity contribution in [1.29, 1.82) is 0 Å². The van der Waals surface area contributed by atoms with Gasteiger partial charge in [0, 0.05) is 10.6 Å². The number of amides is 1. The largest absolute Gasteiger partial charge is 0.271 e. The van der Waals surface area contributed by atoms with E-state index in [0.29, 0.717) is 10.6 Å². The highest BCUT2D eigenvalue weighted by atomic mass is 35.5. The molecule has 0 bridgehead atoms. The van der Waals surface area contributed by atoms with E-state index in [1.807, 2.05) is 30.3 Å². The Balaban J connectivity index is 2.12. The van der Waals surface area contributed by atoms with Crippen LogP contribution in [0, 0.1) is 0 Å². The average Bonchev–Trinajstić information content (AvgIpc) is 2.56. The third kappa shape index (κ3) is 4.71. The number of carbonyl (C=O) groups excluding carboxylic acids is 1. The average molecular weight is 315 g/mol. The molecule has 2 rings (SSSR count). The molecular formula is C18H19ClN2O. The molecule has 0 aliphatic carbocycles. The van der Waals surface area contributed by atoms with Crippen LogP contribution in [0.2, 0.25) is 5.02 Å². The van der Waals surface area contributed by atoms with Gasteiger partial charge in [-0.15, -0.1) is 0 Å². The van der Waals surface area contributed by atoms with Crippen molar-refractivity contribution in [3.8, 4) is 0 Å². The van der Waals surface area contributed by atoms with Crippen LogP contribution >= 0.6 is 11.6 Å². The Morgan fingerprint density at radius 3 is 2.36 bits per heavy atom. The van der Waals surface area contributed by atoms with Gasteiger partial charge in [0.25, 0.3) is 5.91 Å². The Bertz CT molecular complexity index is 636. The van der Waals surface area contributed by atoms with E-state index >= 15 is 0 Å². The minimum Gasteiger partial charge on any atom is -0.267 e. The summed E-state index contributed by atoms with van der Waals surface area (Å²) in [6.07, 6.45) is 2.95. The number of hydrogen-bond acceptors (Lipinski definition) is 2. The summed E-state index contributed by atoms with van der Waals surface area (Å²) in [4.78, 5) is 12.1. The van der Waals surface area contributed by atoms with Crippen molar-refractivity contribution in [2.24, 2.45) is 5.10 Å². The summed E-state index contributed by atoms with van der Waals surface area (Å²) >= 11 is 5.82. The molecule has 0 aliphatic rings. The maximum absolute atomic E-state index is 12.1. The molecule has 0 unspecified atom stereocenters. The Kier molecular flexibility index (Phi) is 6.16. The molecule has 0 radical (unpaired) electrons. The summed E-state index contributed by atoms with van der Waals surface area (Å²) in [5.74, 6) is -0.235. The number of unbranched alkanes of at least 4 members (excludes halogenated alkanes) is 1. The van der Waals surface area contributed by atoms with Crippen LogP contribution in [-0.4, -0.2) is 11.6 Å². The van der Waals surface area contributed by atoms with Gasteiger partial charge in [-0.1, -0.05) is 55.3 Å². The van der Waals surface area contributed by atoms with E-state index in [0.717, 1.165) is 30.5 Å². The van der Waals surface area contributed by atoms with Crippen LogP contribution in [0.4, 0.5) is 0 Å². The second-order valence-electron chi connectivity index (χ2n) is 4.98. The first kappa shape index (κ1) is 16.2. The third-order valence-corrected chi connectivity index (χ3v) is 3.52. The SMILES string of the molecule is CCCCC(=NNC(=O)c1ccc(Cl)cc1)c1ccccc1. The lowest BCUT2D eigenvalue weighted by molar-refractivity contribution is 0.0955. The molecule has 3 nitrogen and oxygen atoms in total. The molecule has 0 saturated carbocycles. The predicted molar refractivity (Wildman–Crippen MR) is 91.4 cm³/mol. The Labute approximate surface area is 136 Å². The molecule has 0 spiro atoms. The monoisotopic (exact) mass is 314 g/mol. The molecule has 22 heavy (non-hydrogen) atoms. The first-order chi connectivity index (χ1) is 10.7. The van der Waals surface area contributed by atoms with Crippen LogP contribution in [-0.2, 0) is 0 Å². The Hall–Kier alpha value is -2.13. The van der Waals surface area contributed by atoms with Crippen molar-refractivity contribution >= 4 is 23.2 Å². The third-order valence-electron chi connectivity index (χ3n) is 3.27. The summed E-state index contributed by atoms with van der Waals surface area (Å²) in [6.45, 7) is 2.13. The lowest BCUT2D eigenvalue weighted by atomic mass is 10.1. The lowest BCUT2D eigenvalue weighted by Gasteiger charge is -2.07. The van der Waals surface area contributed by atoms with Gasteiger partial charge in [0.1, 0.15) is 0 Å². The molecule has 0 heterocycles. The van der Waals surface area contributed by atoms with Crippen LogP contribution in [0.25, 0.3) is 0 Å². The highest BCUT2D eigenvalue weighted by Gasteiger charge is 2.07. The molecule has 0 aliphatic heterocycles. The second-order valence-corrected chi connectivity index (χ2v) is 5.41. The van der Waals surface area contributed by atoms with Gasteiger partial charge < -0.3 is 0 Å². The molecule has 1 N–H and O–H groups in total. The highest BCUT2D eigenvalue weighted by Crippen LogP contribution is 2.10. The van der Waals surface area contributed by atoms with Crippen molar-refractivity contribution in [3.63, 3.8) is 0 Å². The summed E-state index contributed by atoms with van der Waals surface area (Å²) in [5, 5.41) is 4.92. The standard InChI is InChI=1S/C18H19ClN2O/c1-2-3-9-17(14-7-5-4-6-8-14)20-21-18(22)15-10-12-16(19)13-11-15/h4-8,10-13H,2-3,9H2,1H3,(H,21,22). The second kappa shape index (κ2) is 8.35. The maximum atomic E-state index is 12.1. The lowest BCUT2D eigenvalue weighted by Crippen LogP contribution is -2.20. The van der Waals surface area contributed by atoms with Crippen molar-refractivity contribution in [2.75, 3.05) is 0 Å². The molecular weight excluding hydrogens is 296 g/mol. The highest BCUT2D eigenvalue weighted by molar-refractivity contribution is 6.30. The van der Waals surface area contributed by atoms with Gasteiger partial charge in [-0.25, -0.2) is 5.43 Å². The van der Waals surface area contributed by atoms with Crippen LogP contribution in [0.15, 0.2) is 59.7 Å². The van der Waals surface area contributed by atoms with E-state index in [4.69, 9.17) is 11.6 Å². The van der Waals surface area contributed by atoms with E-state index in [1.54, 1.807) is 24.3 Å². The van der Waals surface area contributed by atoms with Gasteiger partial charge in [0.05, 0.1) is 5.71 Å². The summed E-state index contributed by atoms with van der Waals surface area (Å²) in [6, 6.07) is 16.7. The van der Waals surface area contributed by atoms with Crippen LogP contribution in [0.1, 0.15) is 42.1 Å². The zero-order valence-electron chi connectivity index (χ0n) is 12.6. The molecule has 0 fully saturated rings. The smallest absolute Gasteiger partial charge is 0.267 e. The molecule has 1 amide bonds. The van der Waals surface area contributed by atoms with Gasteiger partial charge in [-0.2, -0.15) is 5.10 Å². The van der Waals surface area contributed by atoms with Crippen molar-refractivity contribution in [2.45, 2.75) is 26.2 Å². The zero-order valence-corrected chi connectivity index (χ0v) is 13.3. The topological polar surface area (TPSA) is 41.5 Å². The Morgan fingerprint density at radius 1 is 1.05 bits per heavy atom. The predicted octanol–water partition coefficient (Wildman–Crippen LogP) is 4.66. The number of nitrogens with zero attached hydrogens (tertiary/aromatic N) is 1. The van der Waals surface area contributed by atoms with Crippen LogP contribution in [0.3, 0.4) is 0 Å². The number of halogens is 1. The number of nitrogens with one attached hydrogen (secondary N) is 1. The van der Waals surface area contributed by atoms with Crippen molar-refractivity contribution < 1.29 is 4.79 Å². The minimum atomic E-state index is -0.235. The molecule has 0 atom stereocenters. The van der Waals surface area contributed by atoms with Gasteiger partial charge >= 0.3 is 0 Å². The van der Waals surface area contributed by atoms with Crippen molar-refractivity contribution in [1.82, 2.24) is 5.43 Å². The fourth-order valence-electron chi connectivity index (χ4n) is 2.02. The van der Waals surface area contributed by atoms with Crippen molar-refractivity contribution in [3.05, 3.63) is 70.7 Å². The summed E-state index contributed by atoms with van der Waals surface area (Å²) in [5.41, 5.74) is 5.10. The number of carbonyl (C=O) groups is 1. The number of hydrogen-bond donors (Lipinski definition) is 1. The fraction of sp³-hybridized carbons (Fsp3) is 0.222. The van der Waals surface area contributed by atoms with E-state index < -0.39 is 0 Å². The quantitative estimate of drug-likeness (QED) is 0.611. The molecule has 2 aromatic carbocycles. The zero-order chi connectivity index (χ0) is 15.8.